The van der Waals surface area contributed by atoms with Gasteiger partial charge >= 0.3 is 0 Å². The summed E-state index contributed by atoms with van der Waals surface area (Å²) >= 11 is 2.62. The highest BCUT2D eigenvalue weighted by Crippen LogP contribution is 2.19. The number of nitrogens with one attached hydrogen (secondary N) is 2. The second kappa shape index (κ2) is 6.11. The molecule has 0 aliphatic carbocycles. The van der Waals surface area contributed by atoms with Crippen LogP contribution in [-0.2, 0) is 4.79 Å². The number of H-pyrrole nitrogens is 1. The third kappa shape index (κ3) is 3.32. The van der Waals surface area contributed by atoms with Gasteiger partial charge in [0.2, 0.25) is 5.91 Å². The van der Waals surface area contributed by atoms with E-state index in [9.17, 15) is 9.59 Å². The zero-order chi connectivity index (χ0) is 14.7. The maximum atomic E-state index is 11.8. The monoisotopic (exact) mass is 317 g/mol. The van der Waals surface area contributed by atoms with Crippen LogP contribution in [0.25, 0.3) is 10.2 Å². The zero-order valence-corrected chi connectivity index (χ0v) is 12.5. The smallest absolute Gasteiger partial charge is 0.260 e. The molecule has 0 saturated carbocycles. The van der Waals surface area contributed by atoms with E-state index in [1.165, 1.54) is 23.1 Å². The number of thiophene rings is 1. The molecule has 0 aliphatic rings. The van der Waals surface area contributed by atoms with E-state index in [0.29, 0.717) is 15.4 Å². The van der Waals surface area contributed by atoms with Crippen molar-refractivity contribution >= 4 is 44.9 Å². The topological polar surface area (TPSA) is 74.8 Å². The highest BCUT2D eigenvalue weighted by Gasteiger charge is 2.08. The van der Waals surface area contributed by atoms with Crippen LogP contribution in [0.2, 0.25) is 0 Å². The molecule has 0 unspecified atom stereocenters. The van der Waals surface area contributed by atoms with Gasteiger partial charge in [0.15, 0.2) is 5.16 Å². The SMILES string of the molecule is O=C(CSc1nc2sccc2c(=O)[nH]1)Nc1ccccc1. The van der Waals surface area contributed by atoms with Gasteiger partial charge in [0.25, 0.3) is 5.56 Å². The summed E-state index contributed by atoms with van der Waals surface area (Å²) in [6.07, 6.45) is 0. The number of para-hydroxylation sites is 1. The normalized spacial score (nSPS) is 10.7. The quantitative estimate of drug-likeness (QED) is 0.573. The standard InChI is InChI=1S/C14H11N3O2S2/c18-11(15-9-4-2-1-3-5-9)8-21-14-16-12(19)10-6-7-20-13(10)17-14/h1-7H,8H2,(H,15,18)(H,16,17,19). The van der Waals surface area contributed by atoms with E-state index in [0.717, 1.165) is 5.69 Å². The molecular formula is C14H11N3O2S2. The second-order valence-corrected chi connectivity index (χ2v) is 6.07. The van der Waals surface area contributed by atoms with Crippen molar-refractivity contribution in [2.75, 3.05) is 11.1 Å². The molecule has 7 heteroatoms. The molecule has 0 aliphatic heterocycles. The first-order valence-corrected chi connectivity index (χ1v) is 8.04. The van der Waals surface area contributed by atoms with Crippen LogP contribution in [0.3, 0.4) is 0 Å². The highest BCUT2D eigenvalue weighted by atomic mass is 32.2. The number of hydrogen-bond donors (Lipinski definition) is 2. The van der Waals surface area contributed by atoms with Gasteiger partial charge in [0, 0.05) is 5.69 Å². The van der Waals surface area contributed by atoms with Gasteiger partial charge in [-0.2, -0.15) is 0 Å². The number of aromatic amines is 1. The lowest BCUT2D eigenvalue weighted by Gasteiger charge is -2.04. The van der Waals surface area contributed by atoms with Crippen molar-refractivity contribution in [1.82, 2.24) is 9.97 Å². The van der Waals surface area contributed by atoms with Gasteiger partial charge in [-0.25, -0.2) is 4.98 Å². The summed E-state index contributed by atoms with van der Waals surface area (Å²) in [5.74, 6) is 0.0504. The first kappa shape index (κ1) is 13.8. The van der Waals surface area contributed by atoms with Crippen LogP contribution in [0.5, 0.6) is 0 Å². The number of rotatable bonds is 4. The van der Waals surface area contributed by atoms with Crippen molar-refractivity contribution in [1.29, 1.82) is 0 Å². The van der Waals surface area contributed by atoms with E-state index in [-0.39, 0.29) is 17.2 Å². The summed E-state index contributed by atoms with van der Waals surface area (Å²) in [4.78, 5) is 31.3. The number of carbonyl (C=O) groups is 1. The molecule has 1 aromatic carbocycles. The van der Waals surface area contributed by atoms with E-state index in [2.05, 4.69) is 15.3 Å². The molecule has 3 rings (SSSR count). The molecule has 3 aromatic rings. The van der Waals surface area contributed by atoms with Gasteiger partial charge in [0.1, 0.15) is 4.83 Å². The van der Waals surface area contributed by atoms with Crippen LogP contribution in [0, 0.1) is 0 Å². The van der Waals surface area contributed by atoms with Gasteiger partial charge in [-0.3, -0.25) is 9.59 Å². The number of benzene rings is 1. The summed E-state index contributed by atoms with van der Waals surface area (Å²) in [5, 5.41) is 5.64. The number of fused-ring (bicyclic) bond motifs is 1. The number of carbonyl (C=O) groups excluding carboxylic acids is 1. The fraction of sp³-hybridized carbons (Fsp3) is 0.0714. The second-order valence-electron chi connectivity index (χ2n) is 4.21. The Morgan fingerprint density at radius 3 is 2.90 bits per heavy atom. The molecule has 106 valence electrons. The van der Waals surface area contributed by atoms with Gasteiger partial charge < -0.3 is 10.3 Å². The average Bonchev–Trinajstić information content (AvgIpc) is 2.95. The molecule has 0 atom stereocenters. The molecule has 0 fully saturated rings. The third-order valence-corrected chi connectivity index (χ3v) is 4.39. The van der Waals surface area contributed by atoms with Crippen molar-refractivity contribution < 1.29 is 4.79 Å². The molecule has 5 nitrogen and oxygen atoms in total. The van der Waals surface area contributed by atoms with Crippen molar-refractivity contribution in [3.05, 3.63) is 52.1 Å². The Labute approximate surface area is 128 Å². The van der Waals surface area contributed by atoms with E-state index in [1.807, 2.05) is 35.7 Å². The maximum Gasteiger partial charge on any atom is 0.260 e. The van der Waals surface area contributed by atoms with Crippen LogP contribution in [0.1, 0.15) is 0 Å². The first-order valence-electron chi connectivity index (χ1n) is 6.17. The Morgan fingerprint density at radius 2 is 2.10 bits per heavy atom. The lowest BCUT2D eigenvalue weighted by molar-refractivity contribution is -0.113. The summed E-state index contributed by atoms with van der Waals surface area (Å²) in [6.45, 7) is 0. The van der Waals surface area contributed by atoms with Crippen LogP contribution in [0.15, 0.2) is 51.7 Å². The molecule has 21 heavy (non-hydrogen) atoms. The van der Waals surface area contributed by atoms with Crippen LogP contribution in [-0.4, -0.2) is 21.6 Å². The van der Waals surface area contributed by atoms with E-state index < -0.39 is 0 Å². The number of hydrogen-bond acceptors (Lipinski definition) is 5. The molecular weight excluding hydrogens is 306 g/mol. The van der Waals surface area contributed by atoms with Crippen LogP contribution in [0.4, 0.5) is 5.69 Å². The van der Waals surface area contributed by atoms with Crippen LogP contribution >= 0.6 is 23.1 Å². The van der Waals surface area contributed by atoms with E-state index >= 15 is 0 Å². The van der Waals surface area contributed by atoms with Gasteiger partial charge in [0.05, 0.1) is 11.1 Å². The average molecular weight is 317 g/mol. The fourth-order valence-corrected chi connectivity index (χ4v) is 3.25. The van der Waals surface area contributed by atoms with Gasteiger partial charge in [-0.1, -0.05) is 30.0 Å². The van der Waals surface area contributed by atoms with E-state index in [1.54, 1.807) is 6.07 Å². The minimum absolute atomic E-state index is 0.139. The Balaban J connectivity index is 1.66. The summed E-state index contributed by atoms with van der Waals surface area (Å²) in [5.41, 5.74) is 0.575. The molecule has 0 saturated heterocycles. The van der Waals surface area contributed by atoms with Crippen molar-refractivity contribution in [2.24, 2.45) is 0 Å². The highest BCUT2D eigenvalue weighted by molar-refractivity contribution is 7.99. The number of amides is 1. The number of aromatic nitrogens is 2. The number of thioether (sulfide) groups is 1. The first-order chi connectivity index (χ1) is 10.2. The molecule has 0 radical (unpaired) electrons. The van der Waals surface area contributed by atoms with Gasteiger partial charge in [-0.05, 0) is 23.6 Å². The van der Waals surface area contributed by atoms with E-state index in [4.69, 9.17) is 0 Å². The minimum atomic E-state index is -0.174. The predicted molar refractivity (Wildman–Crippen MR) is 86.0 cm³/mol. The molecule has 2 aromatic heterocycles. The zero-order valence-electron chi connectivity index (χ0n) is 10.8. The Hall–Kier alpha value is -2.12. The summed E-state index contributed by atoms with van der Waals surface area (Å²) in [7, 11) is 0. The Kier molecular flexibility index (Phi) is 4.03. The lowest BCUT2D eigenvalue weighted by Crippen LogP contribution is -2.15. The summed E-state index contributed by atoms with van der Waals surface area (Å²) in [6, 6.07) is 11.0. The molecule has 0 bridgehead atoms. The van der Waals surface area contributed by atoms with Crippen LogP contribution < -0.4 is 10.9 Å². The molecule has 1 amide bonds. The molecule has 2 heterocycles. The Morgan fingerprint density at radius 1 is 1.29 bits per heavy atom. The molecule has 0 spiro atoms. The fourth-order valence-electron chi connectivity index (χ4n) is 1.77. The maximum absolute atomic E-state index is 11.8. The predicted octanol–water partition coefficient (Wildman–Crippen LogP) is 2.72. The Bertz CT molecular complexity index is 827. The van der Waals surface area contributed by atoms with Crippen molar-refractivity contribution in [2.45, 2.75) is 5.16 Å². The largest absolute Gasteiger partial charge is 0.325 e. The number of anilines is 1. The summed E-state index contributed by atoms with van der Waals surface area (Å²) < 4.78 is 0. The molecule has 2 N–H and O–H groups in total. The lowest BCUT2D eigenvalue weighted by atomic mass is 10.3. The van der Waals surface area contributed by atoms with Crippen molar-refractivity contribution in [3.8, 4) is 0 Å². The minimum Gasteiger partial charge on any atom is -0.325 e. The number of nitrogens with zero attached hydrogens (tertiary/aromatic N) is 1. The third-order valence-electron chi connectivity index (χ3n) is 2.71. The van der Waals surface area contributed by atoms with Gasteiger partial charge in [-0.15, -0.1) is 11.3 Å². The van der Waals surface area contributed by atoms with Crippen molar-refractivity contribution in [3.63, 3.8) is 0 Å².